The second-order valence-corrected chi connectivity index (χ2v) is 5.39. The normalized spacial score (nSPS) is 29.3. The quantitative estimate of drug-likeness (QED) is 0.856. The molecule has 4 heteroatoms. The molecule has 0 radical (unpaired) electrons. The molecule has 0 amide bonds. The van der Waals surface area contributed by atoms with Crippen LogP contribution < -0.4 is 5.73 Å². The molecular formula is C13H17ClFNO. The van der Waals surface area contributed by atoms with E-state index in [2.05, 4.69) is 0 Å². The van der Waals surface area contributed by atoms with Crippen molar-refractivity contribution in [3.05, 3.63) is 34.6 Å². The molecule has 0 aromatic heterocycles. The summed E-state index contributed by atoms with van der Waals surface area (Å²) in [5, 5.41) is 10.5. The van der Waals surface area contributed by atoms with Crippen LogP contribution in [0.1, 0.15) is 31.2 Å². The fourth-order valence-corrected chi connectivity index (χ4v) is 2.50. The molecule has 2 nitrogen and oxygen atoms in total. The molecule has 1 aromatic rings. The number of nitrogens with two attached hydrogens (primary N) is 1. The Hall–Kier alpha value is -0.640. The van der Waals surface area contributed by atoms with Gasteiger partial charge in [-0.15, -0.1) is 0 Å². The predicted molar refractivity (Wildman–Crippen MR) is 66.5 cm³/mol. The molecule has 0 unspecified atom stereocenters. The van der Waals surface area contributed by atoms with Crippen molar-refractivity contribution in [3.63, 3.8) is 0 Å². The van der Waals surface area contributed by atoms with Crippen molar-refractivity contribution in [3.8, 4) is 0 Å². The predicted octanol–water partition coefficient (Wildman–Crippen LogP) is 2.65. The van der Waals surface area contributed by atoms with Gasteiger partial charge in [-0.2, -0.15) is 0 Å². The first-order valence-electron chi connectivity index (χ1n) is 5.90. The highest BCUT2D eigenvalue weighted by molar-refractivity contribution is 6.30. The van der Waals surface area contributed by atoms with Gasteiger partial charge in [0.2, 0.25) is 0 Å². The monoisotopic (exact) mass is 257 g/mol. The molecule has 1 saturated carbocycles. The first kappa shape index (κ1) is 12.8. The summed E-state index contributed by atoms with van der Waals surface area (Å²) in [6.45, 7) is 0. The minimum atomic E-state index is -0.740. The highest BCUT2D eigenvalue weighted by atomic mass is 35.5. The van der Waals surface area contributed by atoms with E-state index in [-0.39, 0.29) is 11.1 Å². The van der Waals surface area contributed by atoms with Crippen LogP contribution >= 0.6 is 11.6 Å². The summed E-state index contributed by atoms with van der Waals surface area (Å²) in [7, 11) is 0. The summed E-state index contributed by atoms with van der Waals surface area (Å²) in [5.41, 5.74) is 5.85. The van der Waals surface area contributed by atoms with E-state index in [1.165, 1.54) is 12.1 Å². The zero-order chi connectivity index (χ0) is 12.5. The number of halogens is 2. The van der Waals surface area contributed by atoms with Crippen LogP contribution in [0.4, 0.5) is 4.39 Å². The van der Waals surface area contributed by atoms with Crippen molar-refractivity contribution in [2.75, 3.05) is 0 Å². The minimum Gasteiger partial charge on any atom is -0.390 e. The van der Waals surface area contributed by atoms with Crippen LogP contribution in [0.15, 0.2) is 18.2 Å². The third-order valence-corrected chi connectivity index (χ3v) is 3.78. The van der Waals surface area contributed by atoms with Crippen LogP contribution in [0.2, 0.25) is 5.02 Å². The Morgan fingerprint density at radius 2 is 2.06 bits per heavy atom. The van der Waals surface area contributed by atoms with E-state index < -0.39 is 11.4 Å². The smallest absolute Gasteiger partial charge is 0.142 e. The SMILES string of the molecule is NC1CCC(O)(Cc2ccc(Cl)c(F)c2)CC1. The van der Waals surface area contributed by atoms with Gasteiger partial charge in [0.1, 0.15) is 5.82 Å². The largest absolute Gasteiger partial charge is 0.390 e. The Bertz CT molecular complexity index is 402. The summed E-state index contributed by atoms with van der Waals surface area (Å²) in [6.07, 6.45) is 3.48. The minimum absolute atomic E-state index is 0.117. The molecule has 0 atom stereocenters. The molecular weight excluding hydrogens is 241 g/mol. The van der Waals surface area contributed by atoms with Gasteiger partial charge in [0.25, 0.3) is 0 Å². The zero-order valence-electron chi connectivity index (χ0n) is 9.63. The van der Waals surface area contributed by atoms with Crippen molar-refractivity contribution in [2.45, 2.75) is 43.7 Å². The second-order valence-electron chi connectivity index (χ2n) is 4.99. The number of rotatable bonds is 2. The Morgan fingerprint density at radius 1 is 1.41 bits per heavy atom. The molecule has 1 aliphatic rings. The number of benzene rings is 1. The van der Waals surface area contributed by atoms with Gasteiger partial charge >= 0.3 is 0 Å². The topological polar surface area (TPSA) is 46.2 Å². The lowest BCUT2D eigenvalue weighted by Gasteiger charge is -2.34. The number of hydrogen-bond acceptors (Lipinski definition) is 2. The maximum absolute atomic E-state index is 13.3. The molecule has 0 bridgehead atoms. The third kappa shape index (κ3) is 3.18. The lowest BCUT2D eigenvalue weighted by atomic mass is 9.79. The van der Waals surface area contributed by atoms with Crippen LogP contribution in [0.5, 0.6) is 0 Å². The summed E-state index contributed by atoms with van der Waals surface area (Å²) >= 11 is 5.62. The van der Waals surface area contributed by atoms with Crippen molar-refractivity contribution in [1.82, 2.24) is 0 Å². The maximum atomic E-state index is 13.3. The molecule has 0 saturated heterocycles. The lowest BCUT2D eigenvalue weighted by molar-refractivity contribution is 0.000175. The van der Waals surface area contributed by atoms with Crippen LogP contribution in [0, 0.1) is 5.82 Å². The van der Waals surface area contributed by atoms with Crippen molar-refractivity contribution >= 4 is 11.6 Å². The van der Waals surface area contributed by atoms with Gasteiger partial charge in [-0.3, -0.25) is 0 Å². The van der Waals surface area contributed by atoms with Crippen LogP contribution in [0.25, 0.3) is 0 Å². The molecule has 17 heavy (non-hydrogen) atoms. The Balaban J connectivity index is 2.07. The summed E-state index contributed by atoms with van der Waals surface area (Å²) in [6, 6.07) is 4.88. The molecule has 0 aliphatic heterocycles. The summed E-state index contributed by atoms with van der Waals surface area (Å²) < 4.78 is 13.3. The summed E-state index contributed by atoms with van der Waals surface area (Å²) in [4.78, 5) is 0. The average Bonchev–Trinajstić information content (AvgIpc) is 2.28. The highest BCUT2D eigenvalue weighted by Crippen LogP contribution is 2.31. The number of aliphatic hydroxyl groups is 1. The van der Waals surface area contributed by atoms with E-state index >= 15 is 0 Å². The van der Waals surface area contributed by atoms with Gasteiger partial charge in [0, 0.05) is 12.5 Å². The van der Waals surface area contributed by atoms with Gasteiger partial charge in [-0.05, 0) is 43.4 Å². The van der Waals surface area contributed by atoms with Gasteiger partial charge < -0.3 is 10.8 Å². The Labute approximate surface area is 106 Å². The van der Waals surface area contributed by atoms with Gasteiger partial charge in [-0.1, -0.05) is 17.7 Å². The molecule has 2 rings (SSSR count). The van der Waals surface area contributed by atoms with E-state index in [9.17, 15) is 9.50 Å². The lowest BCUT2D eigenvalue weighted by Crippen LogP contribution is -2.40. The second kappa shape index (κ2) is 4.92. The highest BCUT2D eigenvalue weighted by Gasteiger charge is 2.32. The average molecular weight is 258 g/mol. The van der Waals surface area contributed by atoms with E-state index in [0.29, 0.717) is 19.3 Å². The Morgan fingerprint density at radius 3 is 2.65 bits per heavy atom. The molecule has 0 spiro atoms. The summed E-state index contributed by atoms with van der Waals surface area (Å²) in [5.74, 6) is -0.430. The third-order valence-electron chi connectivity index (χ3n) is 3.48. The first-order chi connectivity index (χ1) is 7.98. The fourth-order valence-electron chi connectivity index (χ4n) is 2.38. The number of hydrogen-bond donors (Lipinski definition) is 2. The van der Waals surface area contributed by atoms with Gasteiger partial charge in [0.15, 0.2) is 0 Å². The van der Waals surface area contributed by atoms with Crippen molar-refractivity contribution in [2.24, 2.45) is 5.73 Å². The molecule has 3 N–H and O–H groups in total. The Kier molecular flexibility index (Phi) is 3.71. The molecule has 1 fully saturated rings. The maximum Gasteiger partial charge on any atom is 0.142 e. The fraction of sp³-hybridized carbons (Fsp3) is 0.538. The van der Waals surface area contributed by atoms with E-state index in [0.717, 1.165) is 18.4 Å². The standard InChI is InChI=1S/C13H17ClFNO/c14-11-2-1-9(7-12(11)15)8-13(17)5-3-10(16)4-6-13/h1-2,7,10,17H,3-6,8,16H2. The molecule has 1 aliphatic carbocycles. The van der Waals surface area contributed by atoms with E-state index in [1.807, 2.05) is 0 Å². The van der Waals surface area contributed by atoms with Crippen LogP contribution in [-0.2, 0) is 6.42 Å². The van der Waals surface area contributed by atoms with E-state index in [1.54, 1.807) is 6.07 Å². The van der Waals surface area contributed by atoms with Crippen LogP contribution in [-0.4, -0.2) is 16.7 Å². The van der Waals surface area contributed by atoms with Gasteiger partial charge in [0.05, 0.1) is 10.6 Å². The molecule has 0 heterocycles. The first-order valence-corrected chi connectivity index (χ1v) is 6.28. The zero-order valence-corrected chi connectivity index (χ0v) is 10.4. The van der Waals surface area contributed by atoms with Crippen molar-refractivity contribution in [1.29, 1.82) is 0 Å². The van der Waals surface area contributed by atoms with Crippen LogP contribution in [0.3, 0.4) is 0 Å². The van der Waals surface area contributed by atoms with Crippen molar-refractivity contribution < 1.29 is 9.50 Å². The molecule has 94 valence electrons. The van der Waals surface area contributed by atoms with E-state index in [4.69, 9.17) is 17.3 Å². The molecule has 1 aromatic carbocycles. The van der Waals surface area contributed by atoms with Gasteiger partial charge in [-0.25, -0.2) is 4.39 Å².